The summed E-state index contributed by atoms with van der Waals surface area (Å²) in [5.41, 5.74) is 16.1. The van der Waals surface area contributed by atoms with Crippen molar-refractivity contribution in [3.8, 4) is 44.5 Å². The smallest absolute Gasteiger partial charge is 0.144 e. The predicted octanol–water partition coefficient (Wildman–Crippen LogP) is 16.3. The molecule has 2 heteroatoms. The Morgan fingerprint density at radius 1 is 0.322 bits per heavy atom. The van der Waals surface area contributed by atoms with Crippen LogP contribution in [0.4, 0.5) is 0 Å². The van der Waals surface area contributed by atoms with Crippen molar-refractivity contribution in [1.29, 1.82) is 0 Å². The Balaban J connectivity index is 0.953. The van der Waals surface area contributed by atoms with E-state index in [1.165, 1.54) is 71.6 Å². The first-order valence-corrected chi connectivity index (χ1v) is 20.5. The van der Waals surface area contributed by atoms with Gasteiger partial charge in [0.25, 0.3) is 0 Å². The van der Waals surface area contributed by atoms with Gasteiger partial charge in [0.05, 0.1) is 0 Å². The molecule has 10 aromatic carbocycles. The van der Waals surface area contributed by atoms with Crippen LogP contribution in [-0.2, 0) is 5.41 Å². The summed E-state index contributed by atoms with van der Waals surface area (Å²) in [6.07, 6.45) is 0. The molecule has 0 aliphatic heterocycles. The van der Waals surface area contributed by atoms with E-state index in [4.69, 9.17) is 8.83 Å². The SMILES string of the molecule is CC1(C)c2cc(-c3ccc4c(c3)oc3c5ccccc5c5oc6ccccc6c5c43)ccc2-c2ccc(-c3c4ccccc4c(-c4ccccc4)c4ccccc34)cc21. The predicted molar refractivity (Wildman–Crippen MR) is 247 cm³/mol. The van der Waals surface area contributed by atoms with Crippen molar-refractivity contribution >= 4 is 76.2 Å². The van der Waals surface area contributed by atoms with Crippen molar-refractivity contribution < 1.29 is 8.83 Å². The Kier molecular flexibility index (Phi) is 6.54. The molecule has 2 aromatic heterocycles. The topological polar surface area (TPSA) is 26.3 Å². The van der Waals surface area contributed by atoms with E-state index in [-0.39, 0.29) is 5.41 Å². The van der Waals surface area contributed by atoms with Gasteiger partial charge in [-0.05, 0) is 108 Å². The van der Waals surface area contributed by atoms with Gasteiger partial charge in [-0.2, -0.15) is 0 Å². The van der Waals surface area contributed by atoms with E-state index in [2.05, 4.69) is 190 Å². The number of hydrogen-bond donors (Lipinski definition) is 0. The van der Waals surface area contributed by atoms with Gasteiger partial charge in [-0.1, -0.05) is 166 Å². The second-order valence-electron chi connectivity index (χ2n) is 16.7. The van der Waals surface area contributed by atoms with Gasteiger partial charge in [-0.3, -0.25) is 0 Å². The number of benzene rings is 10. The molecule has 0 radical (unpaired) electrons. The summed E-state index contributed by atoms with van der Waals surface area (Å²) < 4.78 is 13.4. The van der Waals surface area contributed by atoms with Crippen molar-refractivity contribution in [3.63, 3.8) is 0 Å². The zero-order valence-electron chi connectivity index (χ0n) is 32.6. The molecule has 0 saturated heterocycles. The summed E-state index contributed by atoms with van der Waals surface area (Å²) in [6.45, 7) is 4.77. The zero-order chi connectivity index (χ0) is 39.0. The first-order chi connectivity index (χ1) is 29.0. The average molecular weight is 753 g/mol. The van der Waals surface area contributed by atoms with E-state index < -0.39 is 0 Å². The maximum absolute atomic E-state index is 6.85. The fourth-order valence-corrected chi connectivity index (χ4v) is 10.5. The van der Waals surface area contributed by atoms with Crippen molar-refractivity contribution in [2.75, 3.05) is 0 Å². The van der Waals surface area contributed by atoms with Gasteiger partial charge in [0.15, 0.2) is 0 Å². The van der Waals surface area contributed by atoms with Gasteiger partial charge in [0.2, 0.25) is 0 Å². The number of rotatable bonds is 3. The minimum Gasteiger partial charge on any atom is -0.455 e. The van der Waals surface area contributed by atoms with Crippen LogP contribution in [0, 0.1) is 0 Å². The molecule has 0 atom stereocenters. The quantitative estimate of drug-likeness (QED) is 0.168. The molecule has 2 nitrogen and oxygen atoms in total. The Labute approximate surface area is 340 Å². The van der Waals surface area contributed by atoms with Crippen LogP contribution < -0.4 is 0 Å². The Hall–Kier alpha value is -7.42. The van der Waals surface area contributed by atoms with Crippen LogP contribution in [0.25, 0.3) is 121 Å². The third-order valence-corrected chi connectivity index (χ3v) is 13.2. The number of para-hydroxylation sites is 1. The Bertz CT molecular complexity index is 3690. The highest BCUT2D eigenvalue weighted by molar-refractivity contribution is 6.34. The van der Waals surface area contributed by atoms with Crippen LogP contribution in [0.2, 0.25) is 0 Å². The highest BCUT2D eigenvalue weighted by atomic mass is 16.3. The highest BCUT2D eigenvalue weighted by Gasteiger charge is 2.36. The zero-order valence-corrected chi connectivity index (χ0v) is 32.6. The van der Waals surface area contributed by atoms with E-state index in [9.17, 15) is 0 Å². The van der Waals surface area contributed by atoms with Gasteiger partial charge in [-0.15, -0.1) is 0 Å². The summed E-state index contributed by atoms with van der Waals surface area (Å²) in [7, 11) is 0. The normalized spacial score (nSPS) is 13.4. The van der Waals surface area contributed by atoms with Gasteiger partial charge in [0, 0.05) is 37.7 Å². The van der Waals surface area contributed by atoms with Crippen molar-refractivity contribution in [1.82, 2.24) is 0 Å². The lowest BCUT2D eigenvalue weighted by molar-refractivity contribution is 0.661. The van der Waals surface area contributed by atoms with Gasteiger partial charge in [0.1, 0.15) is 22.3 Å². The minimum absolute atomic E-state index is 0.206. The largest absolute Gasteiger partial charge is 0.455 e. The molecule has 276 valence electrons. The molecule has 0 N–H and O–H groups in total. The maximum Gasteiger partial charge on any atom is 0.144 e. The molecule has 1 aliphatic rings. The van der Waals surface area contributed by atoms with Crippen LogP contribution in [0.3, 0.4) is 0 Å². The van der Waals surface area contributed by atoms with Crippen LogP contribution >= 0.6 is 0 Å². The lowest BCUT2D eigenvalue weighted by Crippen LogP contribution is -2.15. The van der Waals surface area contributed by atoms with Gasteiger partial charge >= 0.3 is 0 Å². The molecule has 0 fully saturated rings. The fourth-order valence-electron chi connectivity index (χ4n) is 10.5. The van der Waals surface area contributed by atoms with E-state index in [0.717, 1.165) is 60.2 Å². The fraction of sp³-hybridized carbons (Fsp3) is 0.0526. The number of furan rings is 2. The maximum atomic E-state index is 6.85. The van der Waals surface area contributed by atoms with E-state index in [1.807, 2.05) is 6.07 Å². The van der Waals surface area contributed by atoms with Gasteiger partial charge in [-0.25, -0.2) is 0 Å². The summed E-state index contributed by atoms with van der Waals surface area (Å²) in [6, 6.07) is 66.3. The molecular formula is C57H36O2. The summed E-state index contributed by atoms with van der Waals surface area (Å²) in [5, 5.41) is 11.7. The van der Waals surface area contributed by atoms with Crippen LogP contribution in [0.1, 0.15) is 25.0 Å². The standard InChI is InChI=1S/C57H36O2/c1-57(2)47-30-34(35-25-29-46-50(32-35)59-56-44-21-11-10-20-43(44)55-53(54(46)56)45-22-12-13-23-49(45)58-55)24-27-37(47)38-28-26-36(31-48(38)57)52-41-18-8-6-16-39(41)51(33-14-4-3-5-15-33)40-17-7-9-19-42(40)52/h3-32H,1-2H3. The number of fused-ring (bicyclic) bond motifs is 15. The Morgan fingerprint density at radius 2 is 0.746 bits per heavy atom. The minimum atomic E-state index is -0.206. The molecular weight excluding hydrogens is 717 g/mol. The first kappa shape index (κ1) is 32.6. The molecule has 0 saturated carbocycles. The molecule has 0 bridgehead atoms. The molecule has 0 amide bonds. The lowest BCUT2D eigenvalue weighted by atomic mass is 9.80. The third kappa shape index (κ3) is 4.46. The molecule has 0 unspecified atom stereocenters. The summed E-state index contributed by atoms with van der Waals surface area (Å²) in [4.78, 5) is 0. The van der Waals surface area contributed by atoms with Gasteiger partial charge < -0.3 is 8.83 Å². The second kappa shape index (κ2) is 11.8. The third-order valence-electron chi connectivity index (χ3n) is 13.2. The van der Waals surface area contributed by atoms with Crippen LogP contribution in [-0.4, -0.2) is 0 Å². The Morgan fingerprint density at radius 3 is 1.36 bits per heavy atom. The summed E-state index contributed by atoms with van der Waals surface area (Å²) in [5.74, 6) is 0. The van der Waals surface area contributed by atoms with Crippen molar-refractivity contribution in [2.45, 2.75) is 19.3 Å². The monoisotopic (exact) mass is 752 g/mol. The molecule has 2 heterocycles. The van der Waals surface area contributed by atoms with Crippen molar-refractivity contribution in [2.24, 2.45) is 0 Å². The van der Waals surface area contributed by atoms with E-state index in [0.29, 0.717) is 0 Å². The van der Waals surface area contributed by atoms with Crippen molar-refractivity contribution in [3.05, 3.63) is 193 Å². The molecule has 1 aliphatic carbocycles. The molecule has 59 heavy (non-hydrogen) atoms. The van der Waals surface area contributed by atoms with Crippen LogP contribution in [0.5, 0.6) is 0 Å². The molecule has 0 spiro atoms. The number of hydrogen-bond acceptors (Lipinski definition) is 2. The average Bonchev–Trinajstić information content (AvgIpc) is 3.93. The van der Waals surface area contributed by atoms with Crippen LogP contribution in [0.15, 0.2) is 191 Å². The lowest BCUT2D eigenvalue weighted by Gasteiger charge is -2.23. The van der Waals surface area contributed by atoms with E-state index in [1.54, 1.807) is 0 Å². The summed E-state index contributed by atoms with van der Waals surface area (Å²) >= 11 is 0. The molecule has 12 aromatic rings. The highest BCUT2D eigenvalue weighted by Crippen LogP contribution is 2.53. The first-order valence-electron chi connectivity index (χ1n) is 20.5. The molecule has 13 rings (SSSR count). The van der Waals surface area contributed by atoms with E-state index >= 15 is 0 Å². The second-order valence-corrected chi connectivity index (χ2v) is 16.7.